The van der Waals surface area contributed by atoms with E-state index in [1.54, 1.807) is 0 Å². The van der Waals surface area contributed by atoms with Gasteiger partial charge in [0.2, 0.25) is 0 Å². The van der Waals surface area contributed by atoms with Crippen LogP contribution in [0.4, 0.5) is 11.4 Å². The number of rotatable bonds is 3. The Morgan fingerprint density at radius 2 is 1.82 bits per heavy atom. The second-order valence-corrected chi connectivity index (χ2v) is 4.98. The zero-order valence-corrected chi connectivity index (χ0v) is 11.9. The van der Waals surface area contributed by atoms with E-state index < -0.39 is 0 Å². The smallest absolute Gasteiger partial charge is 0.0494 e. The van der Waals surface area contributed by atoms with Gasteiger partial charge in [-0.15, -0.1) is 11.6 Å². The lowest BCUT2D eigenvalue weighted by atomic mass is 10.1. The third-order valence-corrected chi connectivity index (χ3v) is 3.48. The molecule has 0 radical (unpaired) electrons. The Balaban J connectivity index is 2.43. The molecule has 1 nitrogen and oxygen atoms in total. The highest BCUT2D eigenvalue weighted by Gasteiger charge is 2.08. The van der Waals surface area contributed by atoms with Crippen molar-refractivity contribution in [3.63, 3.8) is 0 Å². The second kappa shape index (κ2) is 5.56. The maximum absolute atomic E-state index is 5.97. The number of hydrogen-bond acceptors (Lipinski definition) is 1. The minimum Gasteiger partial charge on any atom is -0.344 e. The molecule has 0 amide bonds. The molecule has 2 rings (SSSR count). The summed E-state index contributed by atoms with van der Waals surface area (Å²) in [5.41, 5.74) is 3.40. The third kappa shape index (κ3) is 2.82. The van der Waals surface area contributed by atoms with E-state index in [1.807, 2.05) is 37.4 Å². The van der Waals surface area contributed by atoms with Crippen LogP contribution in [0.15, 0.2) is 53.0 Å². The van der Waals surface area contributed by atoms with E-state index in [4.69, 9.17) is 11.6 Å². The molecule has 3 heteroatoms. The third-order valence-electron chi connectivity index (χ3n) is 2.70. The van der Waals surface area contributed by atoms with Crippen molar-refractivity contribution in [3.05, 3.63) is 58.6 Å². The maximum atomic E-state index is 5.97. The van der Waals surface area contributed by atoms with E-state index in [9.17, 15) is 0 Å². The molecule has 0 aliphatic heterocycles. The molecule has 88 valence electrons. The monoisotopic (exact) mass is 309 g/mol. The lowest BCUT2D eigenvalue weighted by molar-refractivity contribution is 1.17. The molecule has 0 bridgehead atoms. The van der Waals surface area contributed by atoms with E-state index >= 15 is 0 Å². The molecular weight excluding hydrogens is 298 g/mol. The Kier molecular flexibility index (Phi) is 4.08. The van der Waals surface area contributed by atoms with Crippen molar-refractivity contribution in [2.45, 2.75) is 5.88 Å². The van der Waals surface area contributed by atoms with Crippen molar-refractivity contribution < 1.29 is 0 Å². The van der Waals surface area contributed by atoms with Crippen molar-refractivity contribution in [1.29, 1.82) is 0 Å². The molecule has 0 saturated heterocycles. The highest BCUT2D eigenvalue weighted by atomic mass is 79.9. The van der Waals surface area contributed by atoms with Crippen LogP contribution in [0.1, 0.15) is 5.56 Å². The fourth-order valence-corrected chi connectivity index (χ4v) is 2.33. The predicted molar refractivity (Wildman–Crippen MR) is 78.2 cm³/mol. The Labute approximate surface area is 115 Å². The molecule has 0 fully saturated rings. The summed E-state index contributed by atoms with van der Waals surface area (Å²) in [4.78, 5) is 2.14. The molecule has 0 saturated carbocycles. The van der Waals surface area contributed by atoms with Gasteiger partial charge in [-0.1, -0.05) is 40.2 Å². The van der Waals surface area contributed by atoms with Crippen molar-refractivity contribution >= 4 is 38.9 Å². The van der Waals surface area contributed by atoms with Gasteiger partial charge in [-0.3, -0.25) is 0 Å². The SMILES string of the molecule is CN(c1ccccc1)c1cc(Br)ccc1CCl. The molecule has 0 atom stereocenters. The van der Waals surface area contributed by atoms with Crippen LogP contribution < -0.4 is 4.90 Å². The molecule has 0 aliphatic rings. The first-order valence-electron chi connectivity index (χ1n) is 5.35. The Morgan fingerprint density at radius 1 is 1.12 bits per heavy atom. The zero-order valence-electron chi connectivity index (χ0n) is 9.53. The normalized spacial score (nSPS) is 10.3. The van der Waals surface area contributed by atoms with E-state index in [2.05, 4.69) is 39.0 Å². The molecule has 2 aromatic carbocycles. The summed E-state index contributed by atoms with van der Waals surface area (Å²) in [6, 6.07) is 16.4. The zero-order chi connectivity index (χ0) is 12.3. The van der Waals surface area contributed by atoms with Crippen LogP contribution in [0.2, 0.25) is 0 Å². The van der Waals surface area contributed by atoms with Gasteiger partial charge in [0.15, 0.2) is 0 Å². The first-order chi connectivity index (χ1) is 8.22. The highest BCUT2D eigenvalue weighted by molar-refractivity contribution is 9.10. The van der Waals surface area contributed by atoms with Gasteiger partial charge >= 0.3 is 0 Å². The molecule has 0 heterocycles. The number of nitrogens with zero attached hydrogens (tertiary/aromatic N) is 1. The Morgan fingerprint density at radius 3 is 2.47 bits per heavy atom. The lowest BCUT2D eigenvalue weighted by Crippen LogP contribution is -2.11. The van der Waals surface area contributed by atoms with E-state index in [-0.39, 0.29) is 0 Å². The minimum atomic E-state index is 0.514. The average molecular weight is 311 g/mol. The standard InChI is InChI=1S/C14H13BrClN/c1-17(13-5-3-2-4-6-13)14-9-12(15)8-7-11(14)10-16/h2-9H,10H2,1H3. The fourth-order valence-electron chi connectivity index (χ4n) is 1.75. The summed E-state index contributed by atoms with van der Waals surface area (Å²) in [5, 5.41) is 0. The van der Waals surface area contributed by atoms with Crippen LogP contribution in [0.25, 0.3) is 0 Å². The minimum absolute atomic E-state index is 0.514. The van der Waals surface area contributed by atoms with Crippen LogP contribution in [-0.2, 0) is 5.88 Å². The molecular formula is C14H13BrClN. The molecule has 0 aromatic heterocycles. The van der Waals surface area contributed by atoms with Crippen LogP contribution >= 0.6 is 27.5 Å². The van der Waals surface area contributed by atoms with Gasteiger partial charge < -0.3 is 4.90 Å². The van der Waals surface area contributed by atoms with Gasteiger partial charge in [-0.25, -0.2) is 0 Å². The van der Waals surface area contributed by atoms with Gasteiger partial charge in [0.1, 0.15) is 0 Å². The maximum Gasteiger partial charge on any atom is 0.0494 e. The molecule has 2 aromatic rings. The van der Waals surface area contributed by atoms with Gasteiger partial charge in [0, 0.05) is 28.8 Å². The average Bonchev–Trinajstić information content (AvgIpc) is 2.39. The first kappa shape index (κ1) is 12.5. The summed E-state index contributed by atoms with van der Waals surface area (Å²) in [7, 11) is 2.05. The summed E-state index contributed by atoms with van der Waals surface area (Å²) >= 11 is 9.47. The molecule has 0 N–H and O–H groups in total. The summed E-state index contributed by atoms with van der Waals surface area (Å²) < 4.78 is 1.06. The number of alkyl halides is 1. The quantitative estimate of drug-likeness (QED) is 0.725. The number of benzene rings is 2. The highest BCUT2D eigenvalue weighted by Crippen LogP contribution is 2.30. The number of halogens is 2. The van der Waals surface area contributed by atoms with Gasteiger partial charge in [-0.05, 0) is 29.8 Å². The number of hydrogen-bond donors (Lipinski definition) is 0. The largest absolute Gasteiger partial charge is 0.344 e. The van der Waals surface area contributed by atoms with Crippen molar-refractivity contribution in [2.75, 3.05) is 11.9 Å². The topological polar surface area (TPSA) is 3.24 Å². The van der Waals surface area contributed by atoms with Crippen molar-refractivity contribution in [2.24, 2.45) is 0 Å². The number of para-hydroxylation sites is 1. The summed E-state index contributed by atoms with van der Waals surface area (Å²) in [6.45, 7) is 0. The van der Waals surface area contributed by atoms with Crippen LogP contribution in [0.5, 0.6) is 0 Å². The lowest BCUT2D eigenvalue weighted by Gasteiger charge is -2.22. The molecule has 0 spiro atoms. The summed E-state index contributed by atoms with van der Waals surface area (Å²) in [6.07, 6.45) is 0. The second-order valence-electron chi connectivity index (χ2n) is 3.80. The van der Waals surface area contributed by atoms with Crippen molar-refractivity contribution in [1.82, 2.24) is 0 Å². The molecule has 0 unspecified atom stereocenters. The van der Waals surface area contributed by atoms with E-state index in [1.165, 1.54) is 0 Å². The van der Waals surface area contributed by atoms with Gasteiger partial charge in [0.05, 0.1) is 0 Å². The van der Waals surface area contributed by atoms with Crippen LogP contribution in [0.3, 0.4) is 0 Å². The van der Waals surface area contributed by atoms with Crippen molar-refractivity contribution in [3.8, 4) is 0 Å². The van der Waals surface area contributed by atoms with Crippen LogP contribution in [0, 0.1) is 0 Å². The Bertz CT molecular complexity index is 499. The number of anilines is 2. The van der Waals surface area contributed by atoms with Crippen LogP contribution in [-0.4, -0.2) is 7.05 Å². The first-order valence-corrected chi connectivity index (χ1v) is 6.68. The molecule has 0 aliphatic carbocycles. The predicted octanol–water partition coefficient (Wildman–Crippen LogP) is 4.96. The van der Waals surface area contributed by atoms with Gasteiger partial charge in [0.25, 0.3) is 0 Å². The fraction of sp³-hybridized carbons (Fsp3) is 0.143. The van der Waals surface area contributed by atoms with E-state index in [0.717, 1.165) is 21.4 Å². The van der Waals surface area contributed by atoms with E-state index in [0.29, 0.717) is 5.88 Å². The summed E-state index contributed by atoms with van der Waals surface area (Å²) in [5.74, 6) is 0.514. The molecule has 17 heavy (non-hydrogen) atoms. The Hall–Kier alpha value is -0.990. The van der Waals surface area contributed by atoms with Gasteiger partial charge in [-0.2, -0.15) is 0 Å².